The standard InChI is InChI=1S/C24H30ClN3O2/c1-16(2)23(27-22(29)15-19-5-3-4-6-21(19)26)24(30)28-13-11-18(12-14-28)17-7-9-20(25)10-8-17/h3-10,16,18,23H,11-15,26H2,1-2H3,(H,27,29)/t23-/m1/s1. The van der Waals surface area contributed by atoms with Crippen molar-refractivity contribution >= 4 is 29.1 Å². The van der Waals surface area contributed by atoms with Gasteiger partial charge in [-0.1, -0.05) is 55.8 Å². The number of likely N-dealkylation sites (tertiary alicyclic amines) is 1. The van der Waals surface area contributed by atoms with E-state index < -0.39 is 6.04 Å². The van der Waals surface area contributed by atoms with Crippen LogP contribution in [0.15, 0.2) is 48.5 Å². The highest BCUT2D eigenvalue weighted by molar-refractivity contribution is 6.30. The Morgan fingerprint density at radius 2 is 1.73 bits per heavy atom. The first kappa shape index (κ1) is 22.2. The maximum atomic E-state index is 13.2. The summed E-state index contributed by atoms with van der Waals surface area (Å²) in [6.07, 6.45) is 1.99. The molecule has 2 aromatic rings. The second-order valence-electron chi connectivity index (χ2n) is 8.32. The van der Waals surface area contributed by atoms with Gasteiger partial charge in [0.25, 0.3) is 0 Å². The Morgan fingerprint density at radius 1 is 1.10 bits per heavy atom. The topological polar surface area (TPSA) is 75.4 Å². The largest absolute Gasteiger partial charge is 0.398 e. The number of nitrogens with zero attached hydrogens (tertiary/aromatic N) is 1. The fourth-order valence-electron chi connectivity index (χ4n) is 3.97. The monoisotopic (exact) mass is 427 g/mol. The van der Waals surface area contributed by atoms with E-state index >= 15 is 0 Å². The normalized spacial score (nSPS) is 15.8. The predicted molar refractivity (Wildman–Crippen MR) is 121 cm³/mol. The lowest BCUT2D eigenvalue weighted by Gasteiger charge is -2.35. The van der Waals surface area contributed by atoms with Gasteiger partial charge < -0.3 is 16.0 Å². The molecule has 1 aliphatic heterocycles. The lowest BCUT2D eigenvalue weighted by atomic mass is 9.89. The molecule has 160 valence electrons. The third kappa shape index (κ3) is 5.54. The van der Waals surface area contributed by atoms with Crippen LogP contribution in [0.25, 0.3) is 0 Å². The van der Waals surface area contributed by atoms with E-state index in [-0.39, 0.29) is 24.2 Å². The molecule has 6 heteroatoms. The van der Waals surface area contributed by atoms with E-state index in [9.17, 15) is 9.59 Å². The van der Waals surface area contributed by atoms with Crippen molar-refractivity contribution in [2.75, 3.05) is 18.8 Å². The van der Waals surface area contributed by atoms with Crippen molar-refractivity contribution < 1.29 is 9.59 Å². The van der Waals surface area contributed by atoms with Gasteiger partial charge in [0.2, 0.25) is 11.8 Å². The first-order valence-corrected chi connectivity index (χ1v) is 10.9. The number of benzene rings is 2. The van der Waals surface area contributed by atoms with Gasteiger partial charge in [-0.15, -0.1) is 0 Å². The average Bonchev–Trinajstić information content (AvgIpc) is 2.74. The molecular weight excluding hydrogens is 398 g/mol. The van der Waals surface area contributed by atoms with Gasteiger partial charge in [-0.3, -0.25) is 9.59 Å². The number of piperidine rings is 1. The molecule has 0 bridgehead atoms. The number of nitrogen functional groups attached to an aromatic ring is 1. The van der Waals surface area contributed by atoms with Gasteiger partial charge in [-0.2, -0.15) is 0 Å². The van der Waals surface area contributed by atoms with Crippen LogP contribution in [-0.2, 0) is 16.0 Å². The van der Waals surface area contributed by atoms with Gasteiger partial charge in [0.1, 0.15) is 6.04 Å². The van der Waals surface area contributed by atoms with Gasteiger partial charge in [0.15, 0.2) is 0 Å². The minimum Gasteiger partial charge on any atom is -0.398 e. The highest BCUT2D eigenvalue weighted by atomic mass is 35.5. The number of nitrogens with two attached hydrogens (primary N) is 1. The first-order valence-electron chi connectivity index (χ1n) is 10.5. The van der Waals surface area contributed by atoms with Gasteiger partial charge in [-0.05, 0) is 54.0 Å². The Bertz CT molecular complexity index is 874. The van der Waals surface area contributed by atoms with Crippen LogP contribution in [0.5, 0.6) is 0 Å². The van der Waals surface area contributed by atoms with Crippen LogP contribution < -0.4 is 11.1 Å². The minimum atomic E-state index is -0.533. The first-order chi connectivity index (χ1) is 14.3. The lowest BCUT2D eigenvalue weighted by molar-refractivity contribution is -0.138. The number of carbonyl (C=O) groups is 2. The minimum absolute atomic E-state index is 0.00330. The molecule has 0 radical (unpaired) electrons. The number of halogens is 1. The Hall–Kier alpha value is -2.53. The molecular formula is C24H30ClN3O2. The van der Waals surface area contributed by atoms with Crippen molar-refractivity contribution in [3.63, 3.8) is 0 Å². The Labute approximate surface area is 183 Å². The van der Waals surface area contributed by atoms with Crippen LogP contribution >= 0.6 is 11.6 Å². The van der Waals surface area contributed by atoms with Crippen LogP contribution in [0, 0.1) is 5.92 Å². The Balaban J connectivity index is 1.58. The zero-order valence-electron chi connectivity index (χ0n) is 17.6. The van der Waals surface area contributed by atoms with E-state index in [2.05, 4.69) is 17.4 Å². The molecule has 0 unspecified atom stereocenters. The number of hydrogen-bond acceptors (Lipinski definition) is 3. The van der Waals surface area contributed by atoms with Crippen molar-refractivity contribution in [1.82, 2.24) is 10.2 Å². The zero-order chi connectivity index (χ0) is 21.7. The summed E-state index contributed by atoms with van der Waals surface area (Å²) in [7, 11) is 0. The van der Waals surface area contributed by atoms with Crippen molar-refractivity contribution in [3.05, 3.63) is 64.7 Å². The number of hydrogen-bond donors (Lipinski definition) is 2. The molecule has 1 aliphatic rings. The molecule has 1 heterocycles. The third-order valence-corrected chi connectivity index (χ3v) is 6.06. The second kappa shape index (κ2) is 9.98. The molecule has 2 aromatic carbocycles. The van der Waals surface area contributed by atoms with E-state index in [1.54, 1.807) is 6.07 Å². The molecule has 3 N–H and O–H groups in total. The van der Waals surface area contributed by atoms with Gasteiger partial charge in [0, 0.05) is 23.8 Å². The number of rotatable bonds is 6. The summed E-state index contributed by atoms with van der Waals surface area (Å²) in [6.45, 7) is 5.30. The summed E-state index contributed by atoms with van der Waals surface area (Å²) >= 11 is 5.99. The predicted octanol–water partition coefficient (Wildman–Crippen LogP) is 4.01. The zero-order valence-corrected chi connectivity index (χ0v) is 18.4. The van der Waals surface area contributed by atoms with E-state index in [1.165, 1.54) is 5.56 Å². The summed E-state index contributed by atoms with van der Waals surface area (Å²) < 4.78 is 0. The van der Waals surface area contributed by atoms with E-state index in [0.717, 1.165) is 23.4 Å². The lowest BCUT2D eigenvalue weighted by Crippen LogP contribution is -2.53. The molecule has 2 amide bonds. The van der Waals surface area contributed by atoms with Crippen LogP contribution in [0.1, 0.15) is 43.7 Å². The molecule has 0 saturated carbocycles. The van der Waals surface area contributed by atoms with Crippen molar-refractivity contribution in [3.8, 4) is 0 Å². The van der Waals surface area contributed by atoms with Crippen LogP contribution in [0.2, 0.25) is 5.02 Å². The van der Waals surface area contributed by atoms with Crippen LogP contribution in [0.4, 0.5) is 5.69 Å². The maximum absolute atomic E-state index is 13.2. The maximum Gasteiger partial charge on any atom is 0.245 e. The number of para-hydroxylation sites is 1. The summed E-state index contributed by atoms with van der Waals surface area (Å²) in [5.74, 6) is 0.243. The van der Waals surface area contributed by atoms with Crippen molar-refractivity contribution in [1.29, 1.82) is 0 Å². The second-order valence-corrected chi connectivity index (χ2v) is 8.75. The highest BCUT2D eigenvalue weighted by Gasteiger charge is 2.31. The molecule has 1 fully saturated rings. The molecule has 3 rings (SSSR count). The number of carbonyl (C=O) groups excluding carboxylic acids is 2. The number of anilines is 1. The number of nitrogens with one attached hydrogen (secondary N) is 1. The summed E-state index contributed by atoms with van der Waals surface area (Å²) in [5.41, 5.74) is 8.57. The summed E-state index contributed by atoms with van der Waals surface area (Å²) in [6, 6.07) is 14.7. The van der Waals surface area contributed by atoms with E-state index in [0.29, 0.717) is 24.7 Å². The molecule has 0 aromatic heterocycles. The Morgan fingerprint density at radius 3 is 2.33 bits per heavy atom. The number of amides is 2. The molecule has 1 atom stereocenters. The fraction of sp³-hybridized carbons (Fsp3) is 0.417. The van der Waals surface area contributed by atoms with Crippen LogP contribution in [0.3, 0.4) is 0 Å². The highest BCUT2D eigenvalue weighted by Crippen LogP contribution is 2.29. The smallest absolute Gasteiger partial charge is 0.245 e. The Kier molecular flexibility index (Phi) is 7.38. The SMILES string of the molecule is CC(C)[C@@H](NC(=O)Cc1ccccc1N)C(=O)N1CCC(c2ccc(Cl)cc2)CC1. The summed E-state index contributed by atoms with van der Waals surface area (Å²) in [4.78, 5) is 27.6. The molecule has 5 nitrogen and oxygen atoms in total. The van der Waals surface area contributed by atoms with E-state index in [1.807, 2.05) is 49.1 Å². The average molecular weight is 428 g/mol. The fourth-order valence-corrected chi connectivity index (χ4v) is 4.10. The quantitative estimate of drug-likeness (QED) is 0.684. The molecule has 1 saturated heterocycles. The van der Waals surface area contributed by atoms with Crippen molar-refractivity contribution in [2.45, 2.75) is 45.1 Å². The van der Waals surface area contributed by atoms with Gasteiger partial charge >= 0.3 is 0 Å². The molecule has 0 spiro atoms. The molecule has 0 aliphatic carbocycles. The van der Waals surface area contributed by atoms with Gasteiger partial charge in [-0.25, -0.2) is 0 Å². The molecule has 30 heavy (non-hydrogen) atoms. The summed E-state index contributed by atoms with van der Waals surface area (Å²) in [5, 5.41) is 3.67. The van der Waals surface area contributed by atoms with E-state index in [4.69, 9.17) is 17.3 Å². The van der Waals surface area contributed by atoms with Gasteiger partial charge in [0.05, 0.1) is 6.42 Å². The third-order valence-electron chi connectivity index (χ3n) is 5.80. The van der Waals surface area contributed by atoms with Crippen LogP contribution in [-0.4, -0.2) is 35.8 Å². The van der Waals surface area contributed by atoms with Crippen molar-refractivity contribution in [2.24, 2.45) is 5.92 Å².